The molecule has 4 rings (SSSR count). The highest BCUT2D eigenvalue weighted by Crippen LogP contribution is 2.37. The second-order valence-corrected chi connectivity index (χ2v) is 11.7. The van der Waals surface area contributed by atoms with Gasteiger partial charge in [-0.3, -0.25) is 4.79 Å². The molecule has 27 heavy (non-hydrogen) atoms. The van der Waals surface area contributed by atoms with Crippen LogP contribution in [0.5, 0.6) is 5.75 Å². The Morgan fingerprint density at radius 1 is 1.15 bits per heavy atom. The summed E-state index contributed by atoms with van der Waals surface area (Å²) in [4.78, 5) is 12.7. The van der Waals surface area contributed by atoms with Crippen molar-refractivity contribution in [3.8, 4) is 16.9 Å². The van der Waals surface area contributed by atoms with E-state index in [1.807, 2.05) is 13.2 Å². The lowest BCUT2D eigenvalue weighted by Gasteiger charge is -2.23. The maximum Gasteiger partial charge on any atom is 0.253 e. The fourth-order valence-electron chi connectivity index (χ4n) is 4.13. The van der Waals surface area contributed by atoms with Gasteiger partial charge in [0.15, 0.2) is 0 Å². The fraction of sp³-hybridized carbons (Fsp3) is 0.522. The number of pyridine rings is 1. The average molecular weight is 382 g/mol. The molecule has 0 radical (unpaired) electrons. The van der Waals surface area contributed by atoms with Gasteiger partial charge >= 0.3 is 0 Å². The van der Waals surface area contributed by atoms with Crippen LogP contribution < -0.4 is 15.5 Å². The van der Waals surface area contributed by atoms with E-state index in [0.29, 0.717) is 0 Å². The van der Waals surface area contributed by atoms with E-state index < -0.39 is 8.80 Å². The quantitative estimate of drug-likeness (QED) is 0.713. The van der Waals surface area contributed by atoms with Crippen molar-refractivity contribution in [3.05, 3.63) is 45.9 Å². The van der Waals surface area contributed by atoms with E-state index in [-0.39, 0.29) is 5.56 Å². The van der Waals surface area contributed by atoms with Gasteiger partial charge in [-0.25, -0.2) is 0 Å². The number of benzene rings is 1. The molecule has 0 amide bonds. The van der Waals surface area contributed by atoms with Gasteiger partial charge in [-0.1, -0.05) is 36.8 Å². The van der Waals surface area contributed by atoms with Crippen molar-refractivity contribution in [3.63, 3.8) is 0 Å². The van der Waals surface area contributed by atoms with E-state index in [1.165, 1.54) is 47.2 Å². The Hall–Kier alpha value is -1.81. The Morgan fingerprint density at radius 2 is 1.89 bits per heavy atom. The van der Waals surface area contributed by atoms with Crippen molar-refractivity contribution in [2.75, 3.05) is 6.61 Å². The first-order chi connectivity index (χ1) is 13.1. The van der Waals surface area contributed by atoms with Crippen LogP contribution in [-0.2, 0) is 19.9 Å². The molecule has 1 heterocycles. The van der Waals surface area contributed by atoms with Crippen LogP contribution in [0.4, 0.5) is 0 Å². The molecule has 1 fully saturated rings. The zero-order valence-electron chi connectivity index (χ0n) is 16.9. The van der Waals surface area contributed by atoms with Gasteiger partial charge in [0.25, 0.3) is 5.56 Å². The monoisotopic (exact) mass is 381 g/mol. The summed E-state index contributed by atoms with van der Waals surface area (Å²) < 4.78 is 8.05. The smallest absolute Gasteiger partial charge is 0.253 e. The Kier molecular flexibility index (Phi) is 5.27. The number of nitrogens with zero attached hydrogens (tertiary/aromatic N) is 1. The van der Waals surface area contributed by atoms with E-state index >= 15 is 0 Å². The third kappa shape index (κ3) is 3.77. The van der Waals surface area contributed by atoms with Crippen molar-refractivity contribution in [1.82, 2.24) is 4.57 Å². The lowest BCUT2D eigenvalue weighted by Crippen LogP contribution is -2.27. The number of aromatic nitrogens is 1. The third-order valence-electron chi connectivity index (χ3n) is 6.34. The fourth-order valence-corrected chi connectivity index (χ4v) is 5.48. The molecule has 2 aliphatic carbocycles. The van der Waals surface area contributed by atoms with Gasteiger partial charge in [0, 0.05) is 29.9 Å². The molecule has 1 atom stereocenters. The van der Waals surface area contributed by atoms with Crippen LogP contribution in [0.15, 0.2) is 29.2 Å². The zero-order chi connectivity index (χ0) is 19.0. The predicted octanol–water partition coefficient (Wildman–Crippen LogP) is 3.80. The minimum Gasteiger partial charge on any atom is -0.493 e. The van der Waals surface area contributed by atoms with E-state index in [4.69, 9.17) is 4.74 Å². The number of hydrogen-bond acceptors (Lipinski definition) is 2. The highest BCUT2D eigenvalue weighted by Gasteiger charge is 2.24. The summed E-state index contributed by atoms with van der Waals surface area (Å²) in [5.74, 6) is 1.73. The second-order valence-electron chi connectivity index (χ2n) is 8.44. The number of hydrogen-bond donors (Lipinski definition) is 0. The van der Waals surface area contributed by atoms with E-state index in [1.54, 1.807) is 4.57 Å². The summed E-state index contributed by atoms with van der Waals surface area (Å²) in [7, 11) is 0.972. The average Bonchev–Trinajstić information content (AvgIpc) is 3.53. The summed E-state index contributed by atoms with van der Waals surface area (Å²) in [5, 5.41) is 1.49. The van der Waals surface area contributed by atoms with E-state index in [2.05, 4.69) is 31.7 Å². The third-order valence-corrected chi connectivity index (χ3v) is 9.06. The van der Waals surface area contributed by atoms with Gasteiger partial charge in [0.1, 0.15) is 5.75 Å². The number of rotatable bonds is 6. The highest BCUT2D eigenvalue weighted by molar-refractivity contribution is 6.72. The van der Waals surface area contributed by atoms with E-state index in [0.717, 1.165) is 43.1 Å². The SMILES string of the molecule is CC[SiH](C)c1ccc(OCC2CC2)c(-c2cn(C)c(=O)c3c2CCCC3)c1. The number of aryl methyl sites for hydroxylation is 1. The molecule has 0 aliphatic heterocycles. The Balaban J connectivity index is 1.85. The summed E-state index contributed by atoms with van der Waals surface area (Å²) in [5.41, 5.74) is 4.90. The standard InChI is InChI=1S/C23H31NO2Si/c1-4-27(3)17-11-12-22(26-15-16-9-10-16)20(13-17)21-14-24(2)23(25)19-8-6-5-7-18(19)21/h11-14,16,27H,4-10,15H2,1-3H3. The van der Waals surface area contributed by atoms with Gasteiger partial charge < -0.3 is 9.30 Å². The molecule has 2 aromatic rings. The Morgan fingerprint density at radius 3 is 2.59 bits per heavy atom. The van der Waals surface area contributed by atoms with Crippen molar-refractivity contribution < 1.29 is 4.74 Å². The first-order valence-electron chi connectivity index (χ1n) is 10.6. The summed E-state index contributed by atoms with van der Waals surface area (Å²) in [6, 6.07) is 8.09. The first-order valence-corrected chi connectivity index (χ1v) is 13.1. The molecule has 1 saturated carbocycles. The van der Waals surface area contributed by atoms with Crippen LogP contribution in [0, 0.1) is 5.92 Å². The largest absolute Gasteiger partial charge is 0.493 e. The van der Waals surface area contributed by atoms with Gasteiger partial charge in [-0.2, -0.15) is 0 Å². The minimum atomic E-state index is -0.916. The zero-order valence-corrected chi connectivity index (χ0v) is 18.0. The molecular weight excluding hydrogens is 350 g/mol. The Bertz CT molecular complexity index is 898. The highest BCUT2D eigenvalue weighted by atomic mass is 28.3. The summed E-state index contributed by atoms with van der Waals surface area (Å²) >= 11 is 0. The maximum atomic E-state index is 12.7. The van der Waals surface area contributed by atoms with Gasteiger partial charge in [-0.05, 0) is 56.1 Å². The lowest BCUT2D eigenvalue weighted by atomic mass is 9.87. The number of ether oxygens (including phenoxy) is 1. The molecule has 2 aliphatic rings. The number of fused-ring (bicyclic) bond motifs is 1. The molecule has 0 spiro atoms. The maximum absolute atomic E-state index is 12.7. The van der Waals surface area contributed by atoms with Crippen LogP contribution in [0.1, 0.15) is 43.7 Å². The van der Waals surface area contributed by atoms with Crippen molar-refractivity contribution in [1.29, 1.82) is 0 Å². The minimum absolute atomic E-state index is 0.182. The normalized spacial score (nSPS) is 17.4. The van der Waals surface area contributed by atoms with E-state index in [9.17, 15) is 4.79 Å². The summed E-state index contributed by atoms with van der Waals surface area (Å²) in [6.45, 7) is 5.53. The van der Waals surface area contributed by atoms with Crippen LogP contribution in [-0.4, -0.2) is 20.0 Å². The molecule has 4 heteroatoms. The van der Waals surface area contributed by atoms with Crippen molar-refractivity contribution in [2.24, 2.45) is 13.0 Å². The molecule has 1 aromatic heterocycles. The Labute approximate surface area is 164 Å². The molecule has 1 aromatic carbocycles. The first kappa shape index (κ1) is 18.5. The van der Waals surface area contributed by atoms with Gasteiger partial charge in [-0.15, -0.1) is 0 Å². The van der Waals surface area contributed by atoms with Crippen LogP contribution in [0.3, 0.4) is 0 Å². The van der Waals surface area contributed by atoms with Crippen LogP contribution >= 0.6 is 0 Å². The molecule has 0 bridgehead atoms. The summed E-state index contributed by atoms with van der Waals surface area (Å²) in [6.07, 6.45) is 8.85. The van der Waals surface area contributed by atoms with Crippen molar-refractivity contribution >= 4 is 14.0 Å². The molecule has 1 unspecified atom stereocenters. The second kappa shape index (κ2) is 7.67. The van der Waals surface area contributed by atoms with Gasteiger partial charge in [0.2, 0.25) is 0 Å². The molecule has 0 N–H and O–H groups in total. The molecule has 3 nitrogen and oxygen atoms in total. The topological polar surface area (TPSA) is 31.2 Å². The molecule has 144 valence electrons. The predicted molar refractivity (Wildman–Crippen MR) is 115 cm³/mol. The van der Waals surface area contributed by atoms with Crippen LogP contribution in [0.25, 0.3) is 11.1 Å². The lowest BCUT2D eigenvalue weighted by molar-refractivity contribution is 0.301. The molecular formula is C23H31NO2Si. The van der Waals surface area contributed by atoms with Gasteiger partial charge in [0.05, 0.1) is 15.4 Å². The molecule has 0 saturated heterocycles. The van der Waals surface area contributed by atoms with Crippen molar-refractivity contribution in [2.45, 2.75) is 58.0 Å². The van der Waals surface area contributed by atoms with Crippen LogP contribution in [0.2, 0.25) is 12.6 Å².